The summed E-state index contributed by atoms with van der Waals surface area (Å²) in [4.78, 5) is 38.4. The molecule has 1 aromatic carbocycles. The number of fused-ring (bicyclic) bond motifs is 1. The zero-order valence-electron chi connectivity index (χ0n) is 20.7. The summed E-state index contributed by atoms with van der Waals surface area (Å²) in [6, 6.07) is 11.6. The van der Waals surface area contributed by atoms with E-state index in [4.69, 9.17) is 4.98 Å². The Labute approximate surface area is 215 Å². The second kappa shape index (κ2) is 11.3. The zero-order chi connectivity index (χ0) is 24.9. The number of amides is 1. The molecule has 2 fully saturated rings. The molecule has 2 N–H and O–H groups in total. The highest BCUT2D eigenvalue weighted by atomic mass is 32.2. The van der Waals surface area contributed by atoms with Crippen LogP contribution in [0.1, 0.15) is 12.8 Å². The molecule has 9 nitrogen and oxygen atoms in total. The summed E-state index contributed by atoms with van der Waals surface area (Å²) < 4.78 is 1.76. The highest BCUT2D eigenvalue weighted by molar-refractivity contribution is 7.98. The molecule has 2 aliphatic heterocycles. The molecule has 2 aromatic heterocycles. The van der Waals surface area contributed by atoms with E-state index in [9.17, 15) is 9.59 Å². The SMILES string of the molecule is CSCCC(=O)N1CCN(c2cccc(Nc3ncc4ccc(=O)n(CCC5CNC5)c4n3)c2)CC1. The van der Waals surface area contributed by atoms with Crippen molar-refractivity contribution in [1.82, 2.24) is 24.8 Å². The van der Waals surface area contributed by atoms with Crippen LogP contribution >= 0.6 is 11.8 Å². The fraction of sp³-hybridized carbons (Fsp3) is 0.462. The molecule has 0 spiro atoms. The molecule has 0 atom stereocenters. The lowest BCUT2D eigenvalue weighted by Gasteiger charge is -2.36. The van der Waals surface area contributed by atoms with Crippen molar-refractivity contribution >= 4 is 46.0 Å². The Hall–Kier alpha value is -3.11. The lowest BCUT2D eigenvalue weighted by molar-refractivity contribution is -0.131. The van der Waals surface area contributed by atoms with Gasteiger partial charge in [-0.15, -0.1) is 0 Å². The van der Waals surface area contributed by atoms with Crippen molar-refractivity contribution in [2.75, 3.05) is 61.5 Å². The number of pyridine rings is 1. The van der Waals surface area contributed by atoms with Gasteiger partial charge >= 0.3 is 0 Å². The number of carbonyl (C=O) groups excluding carboxylic acids is 1. The first-order valence-electron chi connectivity index (χ1n) is 12.6. The molecule has 2 aliphatic rings. The minimum absolute atomic E-state index is 0.0347. The fourth-order valence-electron chi connectivity index (χ4n) is 4.68. The fourth-order valence-corrected chi connectivity index (χ4v) is 5.06. The van der Waals surface area contributed by atoms with Gasteiger partial charge in [-0.3, -0.25) is 14.2 Å². The molecule has 36 heavy (non-hydrogen) atoms. The van der Waals surface area contributed by atoms with Crippen LogP contribution in [-0.2, 0) is 11.3 Å². The lowest BCUT2D eigenvalue weighted by atomic mass is 9.99. The number of nitrogens with zero attached hydrogens (tertiary/aromatic N) is 5. The maximum Gasteiger partial charge on any atom is 0.252 e. The number of benzene rings is 1. The quantitative estimate of drug-likeness (QED) is 0.456. The van der Waals surface area contributed by atoms with E-state index in [1.165, 1.54) is 0 Å². The van der Waals surface area contributed by atoms with Crippen molar-refractivity contribution in [2.24, 2.45) is 5.92 Å². The van der Waals surface area contributed by atoms with E-state index in [0.717, 1.165) is 68.2 Å². The molecular formula is C26H33N7O2S. The van der Waals surface area contributed by atoms with E-state index in [2.05, 4.69) is 32.7 Å². The maximum atomic E-state index is 12.6. The predicted molar refractivity (Wildman–Crippen MR) is 146 cm³/mol. The van der Waals surface area contributed by atoms with Gasteiger partial charge in [0.2, 0.25) is 11.9 Å². The Bertz CT molecular complexity index is 1270. The normalized spacial score (nSPS) is 16.2. The summed E-state index contributed by atoms with van der Waals surface area (Å²) in [5.41, 5.74) is 2.61. The summed E-state index contributed by atoms with van der Waals surface area (Å²) in [5.74, 6) is 2.20. The van der Waals surface area contributed by atoms with Crippen molar-refractivity contribution in [2.45, 2.75) is 19.4 Å². The standard InChI is InChI=1S/C26H33N7O2S/c1-36-14-8-23(34)32-12-10-31(11-13-32)22-4-2-3-21(15-22)29-26-28-18-20-5-6-24(35)33(25(20)30-26)9-7-19-16-27-17-19/h2-6,15,18-19,27H,7-14,16-17H2,1H3,(H,28,29,30). The van der Waals surface area contributed by atoms with Crippen LogP contribution < -0.4 is 21.1 Å². The number of anilines is 3. The zero-order valence-corrected chi connectivity index (χ0v) is 21.5. The average molecular weight is 508 g/mol. The first-order chi connectivity index (χ1) is 17.6. The topological polar surface area (TPSA) is 95.4 Å². The molecule has 190 valence electrons. The third-order valence-electron chi connectivity index (χ3n) is 6.97. The third kappa shape index (κ3) is 5.65. The highest BCUT2D eigenvalue weighted by Gasteiger charge is 2.21. The molecular weight excluding hydrogens is 474 g/mol. The number of hydrogen-bond acceptors (Lipinski definition) is 8. The van der Waals surface area contributed by atoms with Gasteiger partial charge in [0.25, 0.3) is 5.56 Å². The second-order valence-electron chi connectivity index (χ2n) is 9.39. The monoisotopic (exact) mass is 507 g/mol. The molecule has 0 aliphatic carbocycles. The number of aryl methyl sites for hydroxylation is 1. The van der Waals surface area contributed by atoms with Crippen molar-refractivity contribution in [3.63, 3.8) is 0 Å². The van der Waals surface area contributed by atoms with Gasteiger partial charge in [-0.1, -0.05) is 6.07 Å². The molecule has 1 amide bonds. The number of hydrogen-bond donors (Lipinski definition) is 2. The highest BCUT2D eigenvalue weighted by Crippen LogP contribution is 2.24. The van der Waals surface area contributed by atoms with Gasteiger partial charge in [-0.25, -0.2) is 4.98 Å². The van der Waals surface area contributed by atoms with Crippen molar-refractivity contribution in [1.29, 1.82) is 0 Å². The van der Waals surface area contributed by atoms with Gasteiger partial charge in [-0.05, 0) is 55.9 Å². The summed E-state index contributed by atoms with van der Waals surface area (Å²) in [5, 5.41) is 7.45. The van der Waals surface area contributed by atoms with Gasteiger partial charge in [0.05, 0.1) is 0 Å². The van der Waals surface area contributed by atoms with E-state index < -0.39 is 0 Å². The van der Waals surface area contributed by atoms with Crippen molar-refractivity contribution in [3.8, 4) is 0 Å². The Morgan fingerprint density at radius 2 is 2.00 bits per heavy atom. The van der Waals surface area contributed by atoms with E-state index in [-0.39, 0.29) is 11.5 Å². The van der Waals surface area contributed by atoms with Gasteiger partial charge in [0, 0.05) is 73.9 Å². The molecule has 5 rings (SSSR count). The minimum atomic E-state index is -0.0347. The molecule has 2 saturated heterocycles. The van der Waals surface area contributed by atoms with Crippen LogP contribution in [0.2, 0.25) is 0 Å². The Kier molecular flexibility index (Phi) is 7.72. The molecule has 4 heterocycles. The van der Waals surface area contributed by atoms with Gasteiger partial charge < -0.3 is 20.4 Å². The number of nitrogens with one attached hydrogen (secondary N) is 2. The van der Waals surface area contributed by atoms with E-state index in [1.807, 2.05) is 23.3 Å². The maximum absolute atomic E-state index is 12.6. The van der Waals surface area contributed by atoms with Gasteiger partial charge in [-0.2, -0.15) is 16.7 Å². The van der Waals surface area contributed by atoms with Gasteiger partial charge in [0.15, 0.2) is 0 Å². The molecule has 0 saturated carbocycles. The first-order valence-corrected chi connectivity index (χ1v) is 14.0. The van der Waals surface area contributed by atoms with Crippen LogP contribution in [0.15, 0.2) is 47.4 Å². The summed E-state index contributed by atoms with van der Waals surface area (Å²) in [7, 11) is 0. The van der Waals surface area contributed by atoms with Crippen LogP contribution in [0.4, 0.5) is 17.3 Å². The minimum Gasteiger partial charge on any atom is -0.368 e. The van der Waals surface area contributed by atoms with Crippen molar-refractivity contribution < 1.29 is 4.79 Å². The number of rotatable bonds is 9. The largest absolute Gasteiger partial charge is 0.368 e. The molecule has 3 aromatic rings. The second-order valence-corrected chi connectivity index (χ2v) is 10.4. The lowest BCUT2D eigenvalue weighted by Crippen LogP contribution is -2.48. The Morgan fingerprint density at radius 1 is 1.17 bits per heavy atom. The summed E-state index contributed by atoms with van der Waals surface area (Å²) in [6.07, 6.45) is 5.36. The van der Waals surface area contributed by atoms with Crippen LogP contribution in [0.25, 0.3) is 11.0 Å². The molecule has 0 bridgehead atoms. The van der Waals surface area contributed by atoms with Crippen LogP contribution in [0.3, 0.4) is 0 Å². The molecule has 0 unspecified atom stereocenters. The Morgan fingerprint density at radius 3 is 2.75 bits per heavy atom. The van der Waals surface area contributed by atoms with Crippen LogP contribution in [0, 0.1) is 5.92 Å². The predicted octanol–water partition coefficient (Wildman–Crippen LogP) is 2.55. The molecule has 10 heteroatoms. The molecule has 0 radical (unpaired) electrons. The average Bonchev–Trinajstić information content (AvgIpc) is 2.88. The van der Waals surface area contributed by atoms with E-state index in [0.29, 0.717) is 30.5 Å². The number of thioether (sulfide) groups is 1. The smallest absolute Gasteiger partial charge is 0.252 e. The number of carbonyl (C=O) groups is 1. The van der Waals surface area contributed by atoms with Gasteiger partial charge in [0.1, 0.15) is 5.65 Å². The number of aromatic nitrogens is 3. The van der Waals surface area contributed by atoms with Crippen molar-refractivity contribution in [3.05, 3.63) is 52.9 Å². The van der Waals surface area contributed by atoms with E-state index in [1.54, 1.807) is 34.7 Å². The van der Waals surface area contributed by atoms with Crippen LogP contribution in [0.5, 0.6) is 0 Å². The van der Waals surface area contributed by atoms with E-state index >= 15 is 0 Å². The first kappa shape index (κ1) is 24.6. The number of piperazine rings is 1. The Balaban J connectivity index is 1.27. The summed E-state index contributed by atoms with van der Waals surface area (Å²) >= 11 is 1.71. The third-order valence-corrected chi connectivity index (χ3v) is 7.58. The summed E-state index contributed by atoms with van der Waals surface area (Å²) in [6.45, 7) is 5.79. The van der Waals surface area contributed by atoms with Crippen LogP contribution in [-0.4, -0.2) is 76.6 Å².